The molecule has 1 aliphatic carbocycles. The van der Waals surface area contributed by atoms with E-state index in [1.165, 1.54) is 25.7 Å². The average molecular weight is 315 g/mol. The van der Waals surface area contributed by atoms with Gasteiger partial charge in [0.15, 0.2) is 0 Å². The van der Waals surface area contributed by atoms with Crippen molar-refractivity contribution in [2.45, 2.75) is 44.6 Å². The largest absolute Gasteiger partial charge is 0.376 e. The molecule has 0 radical (unpaired) electrons. The zero-order chi connectivity index (χ0) is 14.4. The second kappa shape index (κ2) is 7.75. The first-order chi connectivity index (χ1) is 9.63. The van der Waals surface area contributed by atoms with Crippen molar-refractivity contribution < 1.29 is 4.79 Å². The van der Waals surface area contributed by atoms with Crippen molar-refractivity contribution in [1.82, 2.24) is 5.32 Å². The molecule has 0 atom stereocenters. The number of nitrogens with one attached hydrogen (secondary N) is 2. The van der Waals surface area contributed by atoms with Gasteiger partial charge in [-0.2, -0.15) is 0 Å². The Kier molecular flexibility index (Phi) is 5.99. The molecule has 3 nitrogen and oxygen atoms in total. The summed E-state index contributed by atoms with van der Waals surface area (Å²) in [6.07, 6.45) is 7.17. The van der Waals surface area contributed by atoms with Crippen LogP contribution in [0.2, 0.25) is 10.0 Å². The summed E-state index contributed by atoms with van der Waals surface area (Å²) in [6.45, 7) is 0.243. The fraction of sp³-hybridized carbons (Fsp3) is 0.533. The van der Waals surface area contributed by atoms with E-state index in [1.54, 1.807) is 18.2 Å². The molecule has 1 fully saturated rings. The molecule has 1 saturated carbocycles. The first-order valence-electron chi connectivity index (χ1n) is 7.13. The van der Waals surface area contributed by atoms with Crippen molar-refractivity contribution in [3.8, 4) is 0 Å². The Labute approximate surface area is 130 Å². The smallest absolute Gasteiger partial charge is 0.239 e. The molecule has 0 bridgehead atoms. The highest BCUT2D eigenvalue weighted by Crippen LogP contribution is 2.22. The summed E-state index contributed by atoms with van der Waals surface area (Å²) >= 11 is 11.8. The molecular formula is C15H20Cl2N2O. The van der Waals surface area contributed by atoms with Crippen LogP contribution in [0.3, 0.4) is 0 Å². The molecule has 1 amide bonds. The fourth-order valence-electron chi connectivity index (χ4n) is 2.54. The van der Waals surface area contributed by atoms with Gasteiger partial charge >= 0.3 is 0 Å². The van der Waals surface area contributed by atoms with Crippen LogP contribution >= 0.6 is 23.2 Å². The Morgan fingerprint density at radius 3 is 2.25 bits per heavy atom. The van der Waals surface area contributed by atoms with Crippen molar-refractivity contribution in [1.29, 1.82) is 0 Å². The predicted octanol–water partition coefficient (Wildman–Crippen LogP) is 4.24. The molecule has 2 N–H and O–H groups in total. The molecule has 0 aliphatic heterocycles. The van der Waals surface area contributed by atoms with Crippen LogP contribution in [-0.4, -0.2) is 18.5 Å². The van der Waals surface area contributed by atoms with E-state index >= 15 is 0 Å². The molecular weight excluding hydrogens is 295 g/mol. The van der Waals surface area contributed by atoms with E-state index in [0.29, 0.717) is 16.1 Å². The van der Waals surface area contributed by atoms with E-state index in [9.17, 15) is 4.79 Å². The zero-order valence-corrected chi connectivity index (χ0v) is 12.9. The Bertz CT molecular complexity index is 437. The lowest BCUT2D eigenvalue weighted by atomic mass is 10.1. The standard InChI is InChI=1S/C15H20Cl2N2O/c16-11-7-12(17)9-14(8-11)18-10-15(20)19-13-5-3-1-2-4-6-13/h7-9,13,18H,1-6,10H2,(H,19,20). The molecule has 0 aromatic heterocycles. The lowest BCUT2D eigenvalue weighted by Gasteiger charge is -2.16. The van der Waals surface area contributed by atoms with Gasteiger partial charge in [-0.15, -0.1) is 0 Å². The number of rotatable bonds is 4. The lowest BCUT2D eigenvalue weighted by Crippen LogP contribution is -2.38. The number of benzene rings is 1. The number of carbonyl (C=O) groups excluding carboxylic acids is 1. The molecule has 0 unspecified atom stereocenters. The number of hydrogen-bond acceptors (Lipinski definition) is 2. The van der Waals surface area contributed by atoms with Crippen LogP contribution in [0.5, 0.6) is 0 Å². The van der Waals surface area contributed by atoms with E-state index in [4.69, 9.17) is 23.2 Å². The Morgan fingerprint density at radius 2 is 1.65 bits per heavy atom. The quantitative estimate of drug-likeness (QED) is 0.816. The predicted molar refractivity (Wildman–Crippen MR) is 84.6 cm³/mol. The van der Waals surface area contributed by atoms with E-state index in [2.05, 4.69) is 10.6 Å². The van der Waals surface area contributed by atoms with Gasteiger partial charge in [-0.05, 0) is 31.0 Å². The van der Waals surface area contributed by atoms with Crippen LogP contribution in [0.4, 0.5) is 5.69 Å². The van der Waals surface area contributed by atoms with Gasteiger partial charge in [-0.1, -0.05) is 48.9 Å². The minimum absolute atomic E-state index is 0.0213. The van der Waals surface area contributed by atoms with Crippen molar-refractivity contribution in [3.63, 3.8) is 0 Å². The SMILES string of the molecule is O=C(CNc1cc(Cl)cc(Cl)c1)NC1CCCCCC1. The number of carbonyl (C=O) groups is 1. The van der Waals surface area contributed by atoms with Gasteiger partial charge in [0, 0.05) is 21.8 Å². The van der Waals surface area contributed by atoms with Crippen LogP contribution < -0.4 is 10.6 Å². The van der Waals surface area contributed by atoms with Crippen LogP contribution in [0.15, 0.2) is 18.2 Å². The summed E-state index contributed by atoms with van der Waals surface area (Å²) in [5, 5.41) is 7.26. The van der Waals surface area contributed by atoms with Crippen LogP contribution in [0.25, 0.3) is 0 Å². The number of anilines is 1. The van der Waals surface area contributed by atoms with E-state index in [-0.39, 0.29) is 12.5 Å². The van der Waals surface area contributed by atoms with E-state index < -0.39 is 0 Å². The maximum absolute atomic E-state index is 11.9. The minimum atomic E-state index is 0.0213. The Hall–Kier alpha value is -0.930. The van der Waals surface area contributed by atoms with Gasteiger partial charge in [0.1, 0.15) is 0 Å². The van der Waals surface area contributed by atoms with E-state index in [0.717, 1.165) is 18.5 Å². The van der Waals surface area contributed by atoms with Gasteiger partial charge in [0.2, 0.25) is 5.91 Å². The molecule has 1 aromatic rings. The van der Waals surface area contributed by atoms with Gasteiger partial charge in [0.25, 0.3) is 0 Å². The molecule has 5 heteroatoms. The van der Waals surface area contributed by atoms with Crippen molar-refractivity contribution in [2.75, 3.05) is 11.9 Å². The van der Waals surface area contributed by atoms with Gasteiger partial charge in [-0.3, -0.25) is 4.79 Å². The minimum Gasteiger partial charge on any atom is -0.376 e. The molecule has 1 aromatic carbocycles. The monoisotopic (exact) mass is 314 g/mol. The van der Waals surface area contributed by atoms with Crippen molar-refractivity contribution in [3.05, 3.63) is 28.2 Å². The molecule has 2 rings (SSSR count). The molecule has 110 valence electrons. The molecule has 0 saturated heterocycles. The third-order valence-electron chi connectivity index (χ3n) is 3.54. The highest BCUT2D eigenvalue weighted by atomic mass is 35.5. The van der Waals surface area contributed by atoms with E-state index in [1.807, 2.05) is 0 Å². The third-order valence-corrected chi connectivity index (χ3v) is 3.97. The average Bonchev–Trinajstić information content (AvgIpc) is 2.64. The number of halogens is 2. The second-order valence-electron chi connectivity index (χ2n) is 5.27. The fourth-order valence-corrected chi connectivity index (χ4v) is 3.07. The summed E-state index contributed by atoms with van der Waals surface area (Å²) < 4.78 is 0. The molecule has 1 aliphatic rings. The topological polar surface area (TPSA) is 41.1 Å². The highest BCUT2D eigenvalue weighted by molar-refractivity contribution is 6.35. The Morgan fingerprint density at radius 1 is 1.05 bits per heavy atom. The molecule has 0 heterocycles. The molecule has 0 spiro atoms. The van der Waals surface area contributed by atoms with Crippen molar-refractivity contribution >= 4 is 34.8 Å². The lowest BCUT2D eigenvalue weighted by molar-refractivity contribution is -0.120. The Balaban J connectivity index is 1.79. The maximum atomic E-state index is 11.9. The number of hydrogen-bond donors (Lipinski definition) is 2. The van der Waals surface area contributed by atoms with Crippen molar-refractivity contribution in [2.24, 2.45) is 0 Å². The summed E-state index contributed by atoms with van der Waals surface area (Å²) in [6, 6.07) is 5.51. The van der Waals surface area contributed by atoms with Gasteiger partial charge in [-0.25, -0.2) is 0 Å². The zero-order valence-electron chi connectivity index (χ0n) is 11.4. The van der Waals surface area contributed by atoms with Gasteiger partial charge in [0.05, 0.1) is 6.54 Å². The summed E-state index contributed by atoms with van der Waals surface area (Å²) in [5.74, 6) is 0.0213. The maximum Gasteiger partial charge on any atom is 0.239 e. The summed E-state index contributed by atoms with van der Waals surface area (Å²) in [7, 11) is 0. The second-order valence-corrected chi connectivity index (χ2v) is 6.14. The third kappa shape index (κ3) is 5.22. The van der Waals surface area contributed by atoms with Gasteiger partial charge < -0.3 is 10.6 Å². The van der Waals surface area contributed by atoms with Crippen LogP contribution in [0.1, 0.15) is 38.5 Å². The molecule has 20 heavy (non-hydrogen) atoms. The van der Waals surface area contributed by atoms with Crippen LogP contribution in [0, 0.1) is 0 Å². The first kappa shape index (κ1) is 15.5. The van der Waals surface area contributed by atoms with Crippen LogP contribution in [-0.2, 0) is 4.79 Å². The first-order valence-corrected chi connectivity index (χ1v) is 7.88. The summed E-state index contributed by atoms with van der Waals surface area (Å²) in [5.41, 5.74) is 0.763. The summed E-state index contributed by atoms with van der Waals surface area (Å²) in [4.78, 5) is 11.9. The number of amides is 1. The highest BCUT2D eigenvalue weighted by Gasteiger charge is 2.14. The normalized spacial score (nSPS) is 16.5.